The first-order valence-electron chi connectivity index (χ1n) is 10.9. The average molecular weight is 413 g/mol. The van der Waals surface area contributed by atoms with Crippen molar-refractivity contribution in [2.45, 2.75) is 98.8 Å². The molecule has 0 aliphatic rings. The van der Waals surface area contributed by atoms with Crippen LogP contribution in [-0.4, -0.2) is 39.7 Å². The maximum atomic E-state index is 12.8. The van der Waals surface area contributed by atoms with Gasteiger partial charge in [-0.3, -0.25) is 0 Å². The molecule has 0 unspecified atom stereocenters. The Morgan fingerprint density at radius 3 is 1.27 bits per heavy atom. The van der Waals surface area contributed by atoms with Crippen LogP contribution in [0, 0.1) is 0 Å². The van der Waals surface area contributed by atoms with Crippen molar-refractivity contribution in [2.75, 3.05) is 31.3 Å². The Kier molecular flexibility index (Phi) is 13.6. The van der Waals surface area contributed by atoms with Gasteiger partial charge in [0.1, 0.15) is 0 Å². The summed E-state index contributed by atoms with van der Waals surface area (Å²) in [4.78, 5) is 0. The van der Waals surface area contributed by atoms with E-state index in [0.29, 0.717) is 0 Å². The van der Waals surface area contributed by atoms with Gasteiger partial charge in [-0.2, -0.15) is 0 Å². The van der Waals surface area contributed by atoms with Gasteiger partial charge in [0, 0.05) is 0 Å². The fourth-order valence-corrected chi connectivity index (χ4v) is 13.2. The monoisotopic (exact) mass is 412 g/mol. The van der Waals surface area contributed by atoms with Crippen molar-refractivity contribution in [2.24, 2.45) is 0 Å². The first-order valence-corrected chi connectivity index (χ1v) is 15.2. The zero-order valence-electron chi connectivity index (χ0n) is 18.1. The molecular formula is C20H45O4PS. The Morgan fingerprint density at radius 1 is 0.615 bits per heavy atom. The molecule has 160 valence electrons. The van der Waals surface area contributed by atoms with Crippen molar-refractivity contribution in [3.63, 3.8) is 0 Å². The molecule has 0 saturated carbocycles. The second-order valence-electron chi connectivity index (χ2n) is 7.82. The van der Waals surface area contributed by atoms with Crippen LogP contribution in [-0.2, 0) is 18.6 Å². The van der Waals surface area contributed by atoms with E-state index in [1.807, 2.05) is 6.92 Å². The van der Waals surface area contributed by atoms with Crippen LogP contribution < -0.4 is 0 Å². The number of rotatable bonds is 18. The third kappa shape index (κ3) is 9.48. The first kappa shape index (κ1) is 26.3. The van der Waals surface area contributed by atoms with E-state index in [1.54, 1.807) is 0 Å². The predicted octanol–water partition coefficient (Wildman–Crippen LogP) is 6.73. The van der Waals surface area contributed by atoms with Gasteiger partial charge in [0.15, 0.2) is 0 Å². The van der Waals surface area contributed by atoms with Gasteiger partial charge in [0.05, 0.1) is 0 Å². The van der Waals surface area contributed by atoms with Gasteiger partial charge in [0.25, 0.3) is 0 Å². The van der Waals surface area contributed by atoms with E-state index >= 15 is 0 Å². The Morgan fingerprint density at radius 2 is 0.962 bits per heavy atom. The molecule has 0 rings (SSSR count). The summed E-state index contributed by atoms with van der Waals surface area (Å²) in [6.45, 7) is 8.14. The summed E-state index contributed by atoms with van der Waals surface area (Å²) in [6.07, 6.45) is 13.8. The van der Waals surface area contributed by atoms with Crippen LogP contribution >= 0.6 is 6.83 Å². The summed E-state index contributed by atoms with van der Waals surface area (Å²) in [5, 5.41) is 0. The number of hydrogen-bond acceptors (Lipinski definition) is 4. The summed E-state index contributed by atoms with van der Waals surface area (Å²) < 4.78 is 37.0. The molecule has 6 heteroatoms. The third-order valence-electron chi connectivity index (χ3n) is 5.34. The average Bonchev–Trinajstić information content (AvgIpc) is 2.62. The molecule has 0 fully saturated rings. The van der Waals surface area contributed by atoms with Crippen molar-refractivity contribution in [3.05, 3.63) is 0 Å². The topological polar surface area (TPSA) is 52.6 Å². The molecule has 0 aliphatic carbocycles. The Hall–Kier alpha value is 0.300. The van der Waals surface area contributed by atoms with Crippen LogP contribution in [0.2, 0.25) is 0 Å². The minimum absolute atomic E-state index is 0.231. The summed E-state index contributed by atoms with van der Waals surface area (Å²) >= 11 is 0. The van der Waals surface area contributed by atoms with Crippen LogP contribution in [0.15, 0.2) is 0 Å². The summed E-state index contributed by atoms with van der Waals surface area (Å²) in [5.41, 5.74) is 0. The van der Waals surface area contributed by atoms with Gasteiger partial charge in [0.2, 0.25) is 0 Å². The quantitative estimate of drug-likeness (QED) is 0.185. The van der Waals surface area contributed by atoms with Crippen LogP contribution in [0.25, 0.3) is 0 Å². The molecule has 4 nitrogen and oxygen atoms in total. The van der Waals surface area contributed by atoms with Crippen molar-refractivity contribution < 1.29 is 16.6 Å². The van der Waals surface area contributed by atoms with Crippen molar-refractivity contribution >= 4 is 17.2 Å². The molecule has 0 aromatic heterocycles. The molecule has 0 bridgehead atoms. The maximum absolute atomic E-state index is 12.8. The Bertz CT molecular complexity index is 407. The van der Waals surface area contributed by atoms with Gasteiger partial charge in [-0.15, -0.1) is 0 Å². The predicted molar refractivity (Wildman–Crippen MR) is 117 cm³/mol. The van der Waals surface area contributed by atoms with Crippen LogP contribution in [0.1, 0.15) is 98.8 Å². The van der Waals surface area contributed by atoms with E-state index in [0.717, 1.165) is 88.9 Å². The third-order valence-corrected chi connectivity index (χ3v) is 14.0. The fraction of sp³-hybridized carbons (Fsp3) is 1.00. The summed E-state index contributed by atoms with van der Waals surface area (Å²) in [7, 11) is -3.93. The van der Waals surface area contributed by atoms with Crippen LogP contribution in [0.5, 0.6) is 0 Å². The molecule has 0 aromatic rings. The van der Waals surface area contributed by atoms with Crippen molar-refractivity contribution in [1.82, 2.24) is 0 Å². The van der Waals surface area contributed by atoms with E-state index < -0.39 is 17.2 Å². The molecule has 0 aromatic carbocycles. The Balaban J connectivity index is 5.83. The molecule has 26 heavy (non-hydrogen) atoms. The summed E-state index contributed by atoms with van der Waals surface area (Å²) in [5.74, 6) is 0. The van der Waals surface area contributed by atoms with Gasteiger partial charge in [-0.05, 0) is 0 Å². The molecule has 0 N–H and O–H groups in total. The Labute approximate surface area is 164 Å². The SMILES string of the molecule is CCCCOS(=O)(=O)OP(CCCC)(CCCC)(CCCC)CCCC. The summed E-state index contributed by atoms with van der Waals surface area (Å²) in [6, 6.07) is 0. The molecule has 0 atom stereocenters. The van der Waals surface area contributed by atoms with Gasteiger partial charge in [-0.25, -0.2) is 0 Å². The van der Waals surface area contributed by atoms with E-state index in [9.17, 15) is 8.42 Å². The number of hydrogen-bond donors (Lipinski definition) is 0. The molecule has 0 spiro atoms. The second kappa shape index (κ2) is 13.5. The van der Waals surface area contributed by atoms with Gasteiger partial charge < -0.3 is 0 Å². The first-order chi connectivity index (χ1) is 12.3. The minimum atomic E-state index is -3.93. The molecular weight excluding hydrogens is 367 g/mol. The van der Waals surface area contributed by atoms with Crippen LogP contribution in [0.3, 0.4) is 0 Å². The standard InChI is InChI=1S/C20H45O4PS/c1-6-11-16-23-26(21,22)24-25(17-12-7-2,18-13-8-3,19-14-9-4)20-15-10-5/h6-20H2,1-5H3. The molecule has 0 radical (unpaired) electrons. The molecule has 0 saturated heterocycles. The van der Waals surface area contributed by atoms with Gasteiger partial charge in [-0.1, -0.05) is 0 Å². The number of unbranched alkanes of at least 4 members (excludes halogenated alkanes) is 5. The molecule has 0 amide bonds. The van der Waals surface area contributed by atoms with E-state index in [1.165, 1.54) is 0 Å². The molecule has 0 heterocycles. The van der Waals surface area contributed by atoms with Crippen LogP contribution in [0.4, 0.5) is 0 Å². The van der Waals surface area contributed by atoms with Crippen molar-refractivity contribution in [3.8, 4) is 0 Å². The fourth-order valence-electron chi connectivity index (χ4n) is 3.64. The van der Waals surface area contributed by atoms with Crippen molar-refractivity contribution in [1.29, 1.82) is 0 Å². The van der Waals surface area contributed by atoms with Gasteiger partial charge >= 0.3 is 164 Å². The normalized spacial score (nSPS) is 14.3. The van der Waals surface area contributed by atoms with E-state index in [-0.39, 0.29) is 6.61 Å². The molecule has 0 aliphatic heterocycles. The zero-order chi connectivity index (χ0) is 20.0. The van der Waals surface area contributed by atoms with E-state index in [2.05, 4.69) is 27.7 Å². The second-order valence-corrected chi connectivity index (χ2v) is 15.0. The zero-order valence-corrected chi connectivity index (χ0v) is 19.8. The van der Waals surface area contributed by atoms with E-state index in [4.69, 9.17) is 8.15 Å².